The van der Waals surface area contributed by atoms with Crippen molar-refractivity contribution in [3.63, 3.8) is 0 Å². The summed E-state index contributed by atoms with van der Waals surface area (Å²) >= 11 is 0. The van der Waals surface area contributed by atoms with Crippen molar-refractivity contribution in [2.75, 3.05) is 0 Å². The normalized spacial score (nSPS) is 9.25. The summed E-state index contributed by atoms with van der Waals surface area (Å²) < 4.78 is 0. The molecule has 13 rings (SSSR count). The van der Waals surface area contributed by atoms with E-state index in [4.69, 9.17) is 0 Å². The van der Waals surface area contributed by atoms with Gasteiger partial charge in [0.1, 0.15) is 47.6 Å². The van der Waals surface area contributed by atoms with Crippen molar-refractivity contribution >= 4 is 0 Å². The van der Waals surface area contributed by atoms with Gasteiger partial charge >= 0.3 is 0 Å². The molecule has 13 aromatic rings. The topological polar surface area (TPSA) is 296 Å². The van der Waals surface area contributed by atoms with Gasteiger partial charge in [-0.2, -0.15) is 10.2 Å². The van der Waals surface area contributed by atoms with E-state index in [0.717, 1.165) is 115 Å². The SMILES string of the molecule is Cc1cc(C)ncn1.Cc1ccc(C)nc1.Cc1ccc(C)nc1.Cc1cccc(C)n1.Cc1ccnc(C)c1.Cc1ccnc(C)c1.Cc1ccnc(C)n1.Cc1ccnc(C)n1.Cc1cncc(C)c1.Cc1cncc(C)n1.Cc1cnnc(C)n1.Cc1cnnc(C)n1.Cc1ncnc(C)n1. The summed E-state index contributed by atoms with van der Waals surface area (Å²) in [5.74, 6) is 4.68. The van der Waals surface area contributed by atoms with Crippen LogP contribution in [0.15, 0.2) is 178 Å². The Balaban J connectivity index is 0.000000563. The van der Waals surface area contributed by atoms with E-state index in [1.54, 1.807) is 43.5 Å². The molecule has 546 valence electrons. The van der Waals surface area contributed by atoms with Gasteiger partial charge in [0.25, 0.3) is 0 Å². The molecule has 0 atom stereocenters. The molecule has 13 heterocycles. The second kappa shape index (κ2) is 53.2. The number of pyridine rings is 6. The Morgan fingerprint density at radius 3 is 0.731 bits per heavy atom. The van der Waals surface area contributed by atoms with Crippen LogP contribution in [0, 0.1) is 180 Å². The average Bonchev–Trinajstić information content (AvgIpc) is 2.02. The van der Waals surface area contributed by atoms with E-state index < -0.39 is 0 Å². The van der Waals surface area contributed by atoms with Crippen LogP contribution in [0.4, 0.5) is 0 Å². The highest BCUT2D eigenvalue weighted by Crippen LogP contribution is 2.01. The first-order valence-electron chi connectivity index (χ1n) is 33.5. The summed E-state index contributed by atoms with van der Waals surface area (Å²) in [6.45, 7) is 50.8. The molecule has 0 unspecified atom stereocenters. The van der Waals surface area contributed by atoms with Crippen LogP contribution in [0.3, 0.4) is 0 Å². The molecule has 0 spiro atoms. The van der Waals surface area contributed by atoms with Crippen LogP contribution in [0.25, 0.3) is 0 Å². The van der Waals surface area contributed by atoms with Gasteiger partial charge < -0.3 is 0 Å². The minimum atomic E-state index is 0.727. The van der Waals surface area contributed by atoms with Gasteiger partial charge in [-0.05, 0) is 280 Å². The quantitative estimate of drug-likeness (QED) is 0.136. The van der Waals surface area contributed by atoms with Gasteiger partial charge in [-0.25, -0.2) is 54.8 Å². The Bertz CT molecular complexity index is 3340. The zero-order chi connectivity index (χ0) is 77.8. The molecule has 0 aliphatic heterocycles. The van der Waals surface area contributed by atoms with Crippen molar-refractivity contribution in [2.45, 2.75) is 180 Å². The van der Waals surface area contributed by atoms with Gasteiger partial charge in [-0.1, -0.05) is 24.3 Å². The molecule has 0 N–H and O–H groups in total. The van der Waals surface area contributed by atoms with E-state index in [2.05, 4.69) is 159 Å². The van der Waals surface area contributed by atoms with Crippen molar-refractivity contribution in [3.8, 4) is 0 Å². The summed E-state index contributed by atoms with van der Waals surface area (Å²) in [7, 11) is 0. The number of aryl methyl sites for hydroxylation is 26. The lowest BCUT2D eigenvalue weighted by atomic mass is 10.2. The highest BCUT2D eigenvalue weighted by molar-refractivity contribution is 5.16. The van der Waals surface area contributed by atoms with Crippen LogP contribution in [0.5, 0.6) is 0 Å². The smallest absolute Gasteiger partial charge is 0.148 e. The largest absolute Gasteiger partial charge is 0.264 e. The van der Waals surface area contributed by atoms with Crippen LogP contribution in [0.2, 0.25) is 0 Å². The van der Waals surface area contributed by atoms with Crippen LogP contribution >= 0.6 is 0 Å². The van der Waals surface area contributed by atoms with E-state index in [-0.39, 0.29) is 0 Å². The molecule has 0 fully saturated rings. The first kappa shape index (κ1) is 90.3. The first-order valence-corrected chi connectivity index (χ1v) is 33.5. The molecule has 0 saturated heterocycles. The van der Waals surface area contributed by atoms with Gasteiger partial charge in [0.2, 0.25) is 0 Å². The zero-order valence-corrected chi connectivity index (χ0v) is 66.0. The highest BCUT2D eigenvalue weighted by Gasteiger charge is 1.92. The van der Waals surface area contributed by atoms with Crippen molar-refractivity contribution in [2.24, 2.45) is 0 Å². The van der Waals surface area contributed by atoms with E-state index in [1.165, 1.54) is 39.7 Å². The number of aromatic nitrogens is 23. The Hall–Kier alpha value is -11.7. The predicted octanol–water partition coefficient (Wildman–Crippen LogP) is 16.0. The Kier molecular flexibility index (Phi) is 46.1. The standard InChI is InChI=1S/6C7H9N.4C6H8N2.3C5H7N3/c1-6-3-7(2)5-8-4-6;2*1-6-3-4-8-7(2)5-6;2*1-6-3-4-7(2)8-5-6;1-6-4-3-5-7(2)8-6;1-5-3-7-4-6(2)8-5;1-5-3-6(2)8-4-7-5;2*1-5-3-4-7-6(2)8-5;1-4-6-3-7-5(2)8-4;2*1-4-3-6-8-5(2)7-4/h6*3-5H,1-2H3;4*3-4H,1-2H3;3*3H,1-2H3. The lowest BCUT2D eigenvalue weighted by Crippen LogP contribution is -1.91. The minimum absolute atomic E-state index is 0.727. The molecule has 0 radical (unpaired) electrons. The van der Waals surface area contributed by atoms with Gasteiger partial charge in [0, 0.05) is 119 Å². The number of nitrogens with zero attached hydrogens (tertiary/aromatic N) is 23. The molecular formula is C81H107N23. The van der Waals surface area contributed by atoms with Gasteiger partial charge in [-0.15, -0.1) is 10.2 Å². The molecule has 0 aliphatic rings. The zero-order valence-electron chi connectivity index (χ0n) is 66.0. The molecule has 0 bridgehead atoms. The predicted molar refractivity (Wildman–Crippen MR) is 416 cm³/mol. The minimum Gasteiger partial charge on any atom is -0.264 e. The fourth-order valence-corrected chi connectivity index (χ4v) is 7.66. The Morgan fingerprint density at radius 2 is 0.519 bits per heavy atom. The van der Waals surface area contributed by atoms with Crippen molar-refractivity contribution in [1.29, 1.82) is 0 Å². The molecule has 23 nitrogen and oxygen atoms in total. The second-order valence-electron chi connectivity index (χ2n) is 23.8. The maximum atomic E-state index is 4.17. The first-order chi connectivity index (χ1) is 49.2. The summed E-state index contributed by atoms with van der Waals surface area (Å²) in [6.07, 6.45) is 24.5. The molecule has 0 amide bonds. The Labute approximate surface area is 618 Å². The molecular weight excluding hydrogens is 1300 g/mol. The van der Waals surface area contributed by atoms with Gasteiger partial charge in [0.15, 0.2) is 0 Å². The second-order valence-corrected chi connectivity index (χ2v) is 23.8. The summed E-state index contributed by atoms with van der Waals surface area (Å²) in [6, 6.07) is 30.0. The third kappa shape index (κ3) is 51.4. The number of hydrogen-bond donors (Lipinski definition) is 0. The summed E-state index contributed by atoms with van der Waals surface area (Å²) in [5, 5.41) is 14.7. The molecule has 0 aromatic carbocycles. The van der Waals surface area contributed by atoms with E-state index in [1.807, 2.05) is 264 Å². The van der Waals surface area contributed by atoms with E-state index >= 15 is 0 Å². The molecule has 0 aliphatic carbocycles. The molecule has 0 saturated carbocycles. The van der Waals surface area contributed by atoms with E-state index in [0.29, 0.717) is 0 Å². The lowest BCUT2D eigenvalue weighted by Gasteiger charge is -1.90. The molecule has 104 heavy (non-hydrogen) atoms. The van der Waals surface area contributed by atoms with Crippen LogP contribution in [-0.4, -0.2) is 115 Å². The van der Waals surface area contributed by atoms with Crippen LogP contribution < -0.4 is 0 Å². The third-order valence-corrected chi connectivity index (χ3v) is 12.3. The monoisotopic (exact) mass is 1400 g/mol. The van der Waals surface area contributed by atoms with Crippen LogP contribution in [0.1, 0.15) is 148 Å². The highest BCUT2D eigenvalue weighted by atomic mass is 15.1. The van der Waals surface area contributed by atoms with Gasteiger partial charge in [0.05, 0.1) is 35.2 Å². The van der Waals surface area contributed by atoms with Crippen molar-refractivity contribution < 1.29 is 0 Å². The molecule has 13 aromatic heterocycles. The maximum absolute atomic E-state index is 4.17. The van der Waals surface area contributed by atoms with Crippen molar-refractivity contribution in [1.82, 2.24) is 115 Å². The van der Waals surface area contributed by atoms with Crippen molar-refractivity contribution in [3.05, 3.63) is 326 Å². The number of hydrogen-bond acceptors (Lipinski definition) is 23. The Morgan fingerprint density at radius 1 is 0.183 bits per heavy atom. The fraction of sp³-hybridized carbons (Fsp3) is 0.321. The van der Waals surface area contributed by atoms with E-state index in [9.17, 15) is 0 Å². The molecule has 23 heteroatoms. The fourth-order valence-electron chi connectivity index (χ4n) is 7.66. The maximum Gasteiger partial charge on any atom is 0.148 e. The van der Waals surface area contributed by atoms with Gasteiger partial charge in [-0.3, -0.25) is 39.9 Å². The summed E-state index contributed by atoms with van der Waals surface area (Å²) in [4.78, 5) is 75.9. The lowest BCUT2D eigenvalue weighted by molar-refractivity contribution is 0.882. The average molecular weight is 1400 g/mol. The number of rotatable bonds is 0. The van der Waals surface area contributed by atoms with Crippen LogP contribution in [-0.2, 0) is 0 Å². The summed E-state index contributed by atoms with van der Waals surface area (Å²) in [5.41, 5.74) is 21.8. The third-order valence-electron chi connectivity index (χ3n) is 12.3.